The molecule has 0 radical (unpaired) electrons. The molecule has 0 unspecified atom stereocenters. The summed E-state index contributed by atoms with van der Waals surface area (Å²) in [6, 6.07) is 17.7. The van der Waals surface area contributed by atoms with E-state index in [2.05, 4.69) is 15.3 Å². The number of nitrogens with zero attached hydrogens (tertiary/aromatic N) is 1. The normalized spacial score (nSPS) is 18.8. The number of rotatable bonds is 5. The van der Waals surface area contributed by atoms with E-state index in [0.717, 1.165) is 34.1 Å². The van der Waals surface area contributed by atoms with Crippen LogP contribution < -0.4 is 5.32 Å². The zero-order chi connectivity index (χ0) is 17.2. The molecule has 4 nitrogen and oxygen atoms in total. The molecule has 1 aliphatic rings. The summed E-state index contributed by atoms with van der Waals surface area (Å²) in [7, 11) is 0. The predicted molar refractivity (Wildman–Crippen MR) is 98.2 cm³/mol. The highest BCUT2D eigenvalue weighted by Crippen LogP contribution is 2.49. The van der Waals surface area contributed by atoms with Crippen LogP contribution in [-0.4, -0.2) is 15.9 Å². The quantitative estimate of drug-likeness (QED) is 0.725. The number of carbonyl (C=O) groups is 1. The number of carbonyl (C=O) groups excluding carboxylic acids is 1. The fourth-order valence-electron chi connectivity index (χ4n) is 3.12. The summed E-state index contributed by atoms with van der Waals surface area (Å²) in [5.74, 6) is 1.04. The first kappa shape index (κ1) is 15.9. The molecule has 0 saturated heterocycles. The highest BCUT2D eigenvalue weighted by molar-refractivity contribution is 6.31. The van der Waals surface area contributed by atoms with Gasteiger partial charge in [-0.3, -0.25) is 4.79 Å². The first-order valence-electron chi connectivity index (χ1n) is 8.34. The van der Waals surface area contributed by atoms with E-state index >= 15 is 0 Å². The minimum atomic E-state index is 0.00320. The van der Waals surface area contributed by atoms with Gasteiger partial charge in [0.05, 0.1) is 18.4 Å². The summed E-state index contributed by atoms with van der Waals surface area (Å²) in [6.45, 7) is 0.400. The number of H-pyrrole nitrogens is 1. The van der Waals surface area contributed by atoms with Crippen LogP contribution in [0.5, 0.6) is 0 Å². The van der Waals surface area contributed by atoms with E-state index in [1.807, 2.05) is 54.6 Å². The van der Waals surface area contributed by atoms with E-state index in [-0.39, 0.29) is 17.7 Å². The Labute approximate surface area is 151 Å². The molecule has 0 bridgehead atoms. The van der Waals surface area contributed by atoms with Crippen molar-refractivity contribution in [2.24, 2.45) is 5.92 Å². The van der Waals surface area contributed by atoms with Crippen LogP contribution in [0.15, 0.2) is 60.8 Å². The maximum Gasteiger partial charge on any atom is 0.224 e. The Balaban J connectivity index is 1.34. The zero-order valence-corrected chi connectivity index (χ0v) is 14.3. The molecule has 1 aliphatic carbocycles. The lowest BCUT2D eigenvalue weighted by molar-refractivity contribution is -0.122. The number of nitrogens with one attached hydrogen (secondary N) is 2. The van der Waals surface area contributed by atoms with Gasteiger partial charge in [0.15, 0.2) is 0 Å². The van der Waals surface area contributed by atoms with Crippen LogP contribution in [0.25, 0.3) is 11.3 Å². The van der Waals surface area contributed by atoms with Gasteiger partial charge in [-0.1, -0.05) is 60.1 Å². The Morgan fingerprint density at radius 1 is 1.16 bits per heavy atom. The van der Waals surface area contributed by atoms with E-state index in [1.54, 1.807) is 6.20 Å². The lowest BCUT2D eigenvalue weighted by Crippen LogP contribution is -2.25. The van der Waals surface area contributed by atoms with Gasteiger partial charge in [0, 0.05) is 10.9 Å². The number of aromatic amines is 1. The number of halogens is 1. The fourth-order valence-corrected chi connectivity index (χ4v) is 3.40. The summed E-state index contributed by atoms with van der Waals surface area (Å²) >= 11 is 6.22. The van der Waals surface area contributed by atoms with Crippen LogP contribution in [0, 0.1) is 5.92 Å². The van der Waals surface area contributed by atoms with E-state index in [4.69, 9.17) is 11.6 Å². The van der Waals surface area contributed by atoms with Crippen molar-refractivity contribution >= 4 is 17.5 Å². The summed E-state index contributed by atoms with van der Waals surface area (Å²) in [6.07, 6.45) is 2.64. The third-order valence-electron chi connectivity index (χ3n) is 4.58. The Bertz CT molecular complexity index is 891. The minimum Gasteiger partial charge on any atom is -0.349 e. The van der Waals surface area contributed by atoms with Crippen molar-refractivity contribution in [2.45, 2.75) is 18.9 Å². The molecule has 5 heteroatoms. The second-order valence-electron chi connectivity index (χ2n) is 6.30. The summed E-state index contributed by atoms with van der Waals surface area (Å²) in [5.41, 5.74) is 3.09. The lowest BCUT2D eigenvalue weighted by atomic mass is 10.1. The van der Waals surface area contributed by atoms with Gasteiger partial charge in [0.25, 0.3) is 0 Å². The maximum atomic E-state index is 12.4. The van der Waals surface area contributed by atoms with Gasteiger partial charge in [-0.25, -0.2) is 4.98 Å². The highest BCUT2D eigenvalue weighted by atomic mass is 35.5. The topological polar surface area (TPSA) is 57.8 Å². The molecule has 25 heavy (non-hydrogen) atoms. The Morgan fingerprint density at radius 2 is 1.92 bits per heavy atom. The average Bonchev–Trinajstić information content (AvgIpc) is 3.30. The lowest BCUT2D eigenvalue weighted by Gasteiger charge is -2.05. The number of amides is 1. The van der Waals surface area contributed by atoms with Crippen LogP contribution in [0.1, 0.15) is 23.7 Å². The summed E-state index contributed by atoms with van der Waals surface area (Å²) < 4.78 is 0. The number of aromatic nitrogens is 2. The molecule has 0 spiro atoms. The minimum absolute atomic E-state index is 0.00320. The van der Waals surface area contributed by atoms with Crippen molar-refractivity contribution in [3.63, 3.8) is 0 Å². The van der Waals surface area contributed by atoms with E-state index in [9.17, 15) is 4.79 Å². The van der Waals surface area contributed by atoms with Crippen molar-refractivity contribution in [1.82, 2.24) is 15.3 Å². The predicted octanol–water partition coefficient (Wildman–Crippen LogP) is 4.15. The second-order valence-corrected chi connectivity index (χ2v) is 6.70. The van der Waals surface area contributed by atoms with Gasteiger partial charge in [-0.2, -0.15) is 0 Å². The molecule has 1 amide bonds. The molecule has 1 aromatic heterocycles. The standard InChI is InChI=1S/C20H18ClN3O/c21-17-9-5-4-8-14(17)15-10-16(15)20(25)23-12-19-22-11-18(24-19)13-6-2-1-3-7-13/h1-9,11,15-16H,10,12H2,(H,22,24)(H,23,25)/t15-,16+/m0/s1. The Morgan fingerprint density at radius 3 is 2.72 bits per heavy atom. The SMILES string of the molecule is O=C(NCc1ncc(-c2ccccc2)[nH]1)[C@@H]1C[C@H]1c1ccccc1Cl. The molecule has 0 aliphatic heterocycles. The van der Waals surface area contributed by atoms with Gasteiger partial charge < -0.3 is 10.3 Å². The van der Waals surface area contributed by atoms with Crippen LogP contribution in [0.2, 0.25) is 5.02 Å². The van der Waals surface area contributed by atoms with Crippen molar-refractivity contribution in [3.8, 4) is 11.3 Å². The van der Waals surface area contributed by atoms with Crippen LogP contribution in [0.4, 0.5) is 0 Å². The van der Waals surface area contributed by atoms with Gasteiger partial charge in [0.2, 0.25) is 5.91 Å². The zero-order valence-electron chi connectivity index (χ0n) is 13.6. The molecular weight excluding hydrogens is 334 g/mol. The smallest absolute Gasteiger partial charge is 0.224 e. The molecule has 2 atom stereocenters. The van der Waals surface area contributed by atoms with E-state index in [1.165, 1.54) is 0 Å². The third-order valence-corrected chi connectivity index (χ3v) is 4.92. The first-order valence-corrected chi connectivity index (χ1v) is 8.71. The molecule has 126 valence electrons. The molecule has 2 N–H and O–H groups in total. The van der Waals surface area contributed by atoms with Gasteiger partial charge in [-0.15, -0.1) is 0 Å². The van der Waals surface area contributed by atoms with E-state index < -0.39 is 0 Å². The van der Waals surface area contributed by atoms with Crippen LogP contribution >= 0.6 is 11.6 Å². The molecule has 1 saturated carbocycles. The largest absolute Gasteiger partial charge is 0.349 e. The fraction of sp³-hybridized carbons (Fsp3) is 0.200. The number of hydrogen-bond acceptors (Lipinski definition) is 2. The molecule has 2 aromatic carbocycles. The van der Waals surface area contributed by atoms with Gasteiger partial charge >= 0.3 is 0 Å². The van der Waals surface area contributed by atoms with Crippen LogP contribution in [-0.2, 0) is 11.3 Å². The Kier molecular flexibility index (Phi) is 4.28. The highest BCUT2D eigenvalue weighted by Gasteiger charge is 2.44. The molecular formula is C20H18ClN3O. The summed E-state index contributed by atoms with van der Waals surface area (Å²) in [4.78, 5) is 19.9. The van der Waals surface area contributed by atoms with Crippen molar-refractivity contribution < 1.29 is 4.79 Å². The average molecular weight is 352 g/mol. The number of hydrogen-bond donors (Lipinski definition) is 2. The number of benzene rings is 2. The second kappa shape index (κ2) is 6.73. The van der Waals surface area contributed by atoms with Crippen molar-refractivity contribution in [3.05, 3.63) is 77.2 Å². The first-order chi connectivity index (χ1) is 12.2. The summed E-state index contributed by atoms with van der Waals surface area (Å²) in [5, 5.41) is 3.71. The molecule has 1 fully saturated rings. The molecule has 4 rings (SSSR count). The molecule has 3 aromatic rings. The van der Waals surface area contributed by atoms with Gasteiger partial charge in [0.1, 0.15) is 5.82 Å². The molecule has 1 heterocycles. The van der Waals surface area contributed by atoms with Crippen molar-refractivity contribution in [1.29, 1.82) is 0 Å². The van der Waals surface area contributed by atoms with Crippen molar-refractivity contribution in [2.75, 3.05) is 0 Å². The monoisotopic (exact) mass is 351 g/mol. The number of imidazole rings is 1. The third kappa shape index (κ3) is 3.44. The Hall–Kier alpha value is -2.59. The van der Waals surface area contributed by atoms with E-state index in [0.29, 0.717) is 6.54 Å². The van der Waals surface area contributed by atoms with Crippen LogP contribution in [0.3, 0.4) is 0 Å². The maximum absolute atomic E-state index is 12.4. The van der Waals surface area contributed by atoms with Gasteiger partial charge in [-0.05, 0) is 29.5 Å².